The molecule has 3 heterocycles. The number of H-pyrrole nitrogens is 1. The van der Waals surface area contributed by atoms with E-state index in [0.29, 0.717) is 23.0 Å². The third-order valence-electron chi connectivity index (χ3n) is 5.63. The van der Waals surface area contributed by atoms with Gasteiger partial charge in [-0.1, -0.05) is 6.92 Å². The molecule has 0 aliphatic carbocycles. The first-order chi connectivity index (χ1) is 16.0. The number of carbonyl (C=O) groups is 1. The number of hydrogen-bond donors (Lipinski definition) is 2. The Bertz CT molecular complexity index is 1540. The summed E-state index contributed by atoms with van der Waals surface area (Å²) in [5.74, 6) is -3.55. The van der Waals surface area contributed by atoms with Crippen LogP contribution < -0.4 is 4.72 Å². The van der Waals surface area contributed by atoms with Gasteiger partial charge in [0, 0.05) is 47.2 Å². The number of carbonyl (C=O) groups excluding carboxylic acids is 1. The van der Waals surface area contributed by atoms with Crippen molar-refractivity contribution in [2.24, 2.45) is 7.05 Å². The lowest BCUT2D eigenvalue weighted by atomic mass is 9.99. The third-order valence-corrected chi connectivity index (χ3v) is 7.11. The fourth-order valence-electron chi connectivity index (χ4n) is 3.98. The molecule has 178 valence electrons. The molecular weight excluding hydrogens is 464 g/mol. The molecule has 11 heteroatoms. The number of pyridine rings is 1. The van der Waals surface area contributed by atoms with Gasteiger partial charge >= 0.3 is 0 Å². The van der Waals surface area contributed by atoms with Gasteiger partial charge in [0.2, 0.25) is 15.8 Å². The van der Waals surface area contributed by atoms with E-state index in [1.165, 1.54) is 6.20 Å². The number of benzene rings is 1. The van der Waals surface area contributed by atoms with Crippen LogP contribution in [0.1, 0.15) is 40.7 Å². The summed E-state index contributed by atoms with van der Waals surface area (Å²) >= 11 is 0. The molecule has 0 unspecified atom stereocenters. The maximum atomic E-state index is 15.2. The zero-order valence-electron chi connectivity index (χ0n) is 19.0. The van der Waals surface area contributed by atoms with Crippen molar-refractivity contribution in [2.75, 3.05) is 10.5 Å². The molecule has 1 aromatic carbocycles. The maximum Gasteiger partial charge on any atom is 0.232 e. The van der Waals surface area contributed by atoms with Crippen molar-refractivity contribution in [3.8, 4) is 11.1 Å². The molecule has 2 N–H and O–H groups in total. The van der Waals surface area contributed by atoms with Crippen LogP contribution in [0.5, 0.6) is 0 Å². The first kappa shape index (κ1) is 23.6. The highest BCUT2D eigenvalue weighted by Gasteiger charge is 2.26. The highest BCUT2D eigenvalue weighted by Crippen LogP contribution is 2.31. The van der Waals surface area contributed by atoms with Crippen LogP contribution in [0.2, 0.25) is 0 Å². The summed E-state index contributed by atoms with van der Waals surface area (Å²) in [7, 11) is -2.03. The Morgan fingerprint density at radius 3 is 2.62 bits per heavy atom. The highest BCUT2D eigenvalue weighted by molar-refractivity contribution is 7.92. The molecule has 0 saturated heterocycles. The van der Waals surface area contributed by atoms with Crippen molar-refractivity contribution in [2.45, 2.75) is 27.2 Å². The van der Waals surface area contributed by atoms with E-state index in [1.54, 1.807) is 23.9 Å². The summed E-state index contributed by atoms with van der Waals surface area (Å²) in [6, 6.07) is 3.53. The Kier molecular flexibility index (Phi) is 5.98. The second kappa shape index (κ2) is 8.64. The number of fused-ring (bicyclic) bond motifs is 1. The SMILES string of the molecule is CCCS(=O)(=O)Nc1ccc(F)c(C(=O)c2c[nH]c3ncc(-c4c(C)nn(C)c4C)cc23)c1F. The summed E-state index contributed by atoms with van der Waals surface area (Å²) in [6.45, 7) is 5.41. The van der Waals surface area contributed by atoms with Gasteiger partial charge in [-0.25, -0.2) is 22.2 Å². The molecule has 8 nitrogen and oxygen atoms in total. The lowest BCUT2D eigenvalue weighted by Gasteiger charge is -2.11. The lowest BCUT2D eigenvalue weighted by molar-refractivity contribution is 0.103. The number of ketones is 1. The van der Waals surface area contributed by atoms with Crippen molar-refractivity contribution < 1.29 is 22.0 Å². The van der Waals surface area contributed by atoms with Gasteiger partial charge in [0.25, 0.3) is 0 Å². The lowest BCUT2D eigenvalue weighted by Crippen LogP contribution is -2.18. The largest absolute Gasteiger partial charge is 0.345 e. The van der Waals surface area contributed by atoms with Gasteiger partial charge in [-0.2, -0.15) is 5.10 Å². The van der Waals surface area contributed by atoms with Gasteiger partial charge in [0.1, 0.15) is 11.5 Å². The average Bonchev–Trinajstić information content (AvgIpc) is 3.29. The van der Waals surface area contributed by atoms with Crippen molar-refractivity contribution in [3.63, 3.8) is 0 Å². The average molecular weight is 488 g/mol. The number of anilines is 1. The third kappa shape index (κ3) is 4.07. The molecule has 3 aromatic heterocycles. The minimum atomic E-state index is -3.84. The van der Waals surface area contributed by atoms with Crippen LogP contribution in [0, 0.1) is 25.5 Å². The summed E-state index contributed by atoms with van der Waals surface area (Å²) < 4.78 is 57.8. The van der Waals surface area contributed by atoms with E-state index in [9.17, 15) is 17.6 Å². The number of aromatic amines is 1. The highest BCUT2D eigenvalue weighted by atomic mass is 32.2. The number of hydrogen-bond acceptors (Lipinski definition) is 5. The second-order valence-electron chi connectivity index (χ2n) is 8.03. The Hall–Kier alpha value is -3.60. The van der Waals surface area contributed by atoms with E-state index < -0.39 is 38.7 Å². The predicted molar refractivity (Wildman–Crippen MR) is 125 cm³/mol. The second-order valence-corrected chi connectivity index (χ2v) is 9.87. The molecule has 0 saturated carbocycles. The van der Waals surface area contributed by atoms with Gasteiger partial charge in [-0.15, -0.1) is 0 Å². The molecule has 0 amide bonds. The van der Waals surface area contributed by atoms with Crippen LogP contribution in [0.25, 0.3) is 22.2 Å². The molecular formula is C23H23F2N5O3S. The number of sulfonamides is 1. The monoisotopic (exact) mass is 487 g/mol. The molecule has 4 rings (SSSR count). The fraction of sp³-hybridized carbons (Fsp3) is 0.261. The summed E-state index contributed by atoms with van der Waals surface area (Å²) in [6.07, 6.45) is 3.28. The fourth-order valence-corrected chi connectivity index (χ4v) is 5.11. The first-order valence-electron chi connectivity index (χ1n) is 10.5. The van der Waals surface area contributed by atoms with Gasteiger partial charge < -0.3 is 4.98 Å². The Labute approximate surface area is 195 Å². The van der Waals surface area contributed by atoms with Crippen LogP contribution in [-0.4, -0.2) is 39.7 Å². The molecule has 0 fully saturated rings. The quantitative estimate of drug-likeness (QED) is 0.379. The molecule has 0 aliphatic rings. The van der Waals surface area contributed by atoms with Gasteiger partial charge in [0.05, 0.1) is 22.7 Å². The van der Waals surface area contributed by atoms with Crippen LogP contribution in [0.3, 0.4) is 0 Å². The van der Waals surface area contributed by atoms with Crippen LogP contribution >= 0.6 is 0 Å². The summed E-state index contributed by atoms with van der Waals surface area (Å²) in [5, 5.41) is 4.77. The van der Waals surface area contributed by atoms with E-state index in [4.69, 9.17) is 0 Å². The number of halogens is 2. The zero-order chi connectivity index (χ0) is 24.8. The Morgan fingerprint density at radius 2 is 1.97 bits per heavy atom. The van der Waals surface area contributed by atoms with Gasteiger partial charge in [-0.3, -0.25) is 14.2 Å². The van der Waals surface area contributed by atoms with Crippen LogP contribution in [-0.2, 0) is 17.1 Å². The van der Waals surface area contributed by atoms with E-state index in [0.717, 1.165) is 29.1 Å². The van der Waals surface area contributed by atoms with Crippen molar-refractivity contribution >= 4 is 32.5 Å². The van der Waals surface area contributed by atoms with E-state index in [2.05, 4.69) is 19.8 Å². The first-order valence-corrected chi connectivity index (χ1v) is 12.2. The van der Waals surface area contributed by atoms with Crippen molar-refractivity contribution in [1.29, 1.82) is 0 Å². The van der Waals surface area contributed by atoms with Crippen molar-refractivity contribution in [3.05, 3.63) is 64.7 Å². The number of aromatic nitrogens is 4. The molecule has 0 atom stereocenters. The predicted octanol–water partition coefficient (Wildman–Crippen LogP) is 4.24. The van der Waals surface area contributed by atoms with Crippen molar-refractivity contribution in [1.82, 2.24) is 19.7 Å². The number of nitrogens with one attached hydrogen (secondary N) is 2. The van der Waals surface area contributed by atoms with Crippen LogP contribution in [0.4, 0.5) is 14.5 Å². The maximum absolute atomic E-state index is 15.2. The zero-order valence-corrected chi connectivity index (χ0v) is 19.8. The van der Waals surface area contributed by atoms with E-state index in [-0.39, 0.29) is 11.3 Å². The smallest absolute Gasteiger partial charge is 0.232 e. The summed E-state index contributed by atoms with van der Waals surface area (Å²) in [5.41, 5.74) is 2.25. The van der Waals surface area contributed by atoms with Gasteiger partial charge in [0.15, 0.2) is 5.82 Å². The number of rotatable bonds is 7. The minimum Gasteiger partial charge on any atom is -0.345 e. The normalized spacial score (nSPS) is 11.8. The molecule has 0 bridgehead atoms. The molecule has 4 aromatic rings. The van der Waals surface area contributed by atoms with Crippen LogP contribution in [0.15, 0.2) is 30.6 Å². The van der Waals surface area contributed by atoms with Gasteiger partial charge in [-0.05, 0) is 38.5 Å². The standard InChI is InChI=1S/C23H23F2N5O3S/c1-5-8-34(32,33)29-18-7-6-17(24)20(21(18)25)22(31)16-11-27-23-15(16)9-14(10-26-23)19-12(2)28-30(4)13(19)3/h6-7,9-11,29H,5,8H2,1-4H3,(H,26,27). The molecule has 0 spiro atoms. The number of aryl methyl sites for hydroxylation is 2. The molecule has 0 aliphatic heterocycles. The summed E-state index contributed by atoms with van der Waals surface area (Å²) in [4.78, 5) is 20.5. The Balaban J connectivity index is 1.81. The molecule has 34 heavy (non-hydrogen) atoms. The number of nitrogens with zero attached hydrogens (tertiary/aromatic N) is 3. The Morgan fingerprint density at radius 1 is 1.24 bits per heavy atom. The topological polar surface area (TPSA) is 110 Å². The molecule has 0 radical (unpaired) electrons. The van der Waals surface area contributed by atoms with E-state index in [1.807, 2.05) is 20.9 Å². The minimum absolute atomic E-state index is 0.00918. The van der Waals surface area contributed by atoms with E-state index >= 15 is 4.39 Å².